The Hall–Kier alpha value is -1.65. The van der Waals surface area contributed by atoms with Gasteiger partial charge in [0.15, 0.2) is 0 Å². The summed E-state index contributed by atoms with van der Waals surface area (Å²) in [5, 5.41) is 17.8. The summed E-state index contributed by atoms with van der Waals surface area (Å²) in [7, 11) is 1.93. The van der Waals surface area contributed by atoms with Gasteiger partial charge in [-0.25, -0.2) is 0 Å². The molecule has 4 nitrogen and oxygen atoms in total. The van der Waals surface area contributed by atoms with Crippen molar-refractivity contribution in [1.29, 1.82) is 0 Å². The van der Waals surface area contributed by atoms with Crippen LogP contribution in [0.5, 0.6) is 0 Å². The van der Waals surface area contributed by atoms with E-state index < -0.39 is 5.60 Å². The molecule has 1 aromatic carbocycles. The maximum absolute atomic E-state index is 10.2. The Balaban J connectivity index is 1.87. The van der Waals surface area contributed by atoms with E-state index in [0.717, 1.165) is 17.0 Å². The Morgan fingerprint density at radius 3 is 2.67 bits per heavy atom. The molecule has 94 valence electrons. The number of aliphatic hydroxyl groups is 1. The fourth-order valence-electron chi connectivity index (χ4n) is 2.30. The van der Waals surface area contributed by atoms with E-state index in [4.69, 9.17) is 0 Å². The molecule has 0 radical (unpaired) electrons. The number of nitrogens with one attached hydrogen (secondary N) is 1. The van der Waals surface area contributed by atoms with Crippen LogP contribution in [-0.4, -0.2) is 33.6 Å². The van der Waals surface area contributed by atoms with E-state index in [9.17, 15) is 5.11 Å². The quantitative estimate of drug-likeness (QED) is 0.844. The summed E-state index contributed by atoms with van der Waals surface area (Å²) in [5.41, 5.74) is 2.54. The number of aryl methyl sites for hydroxylation is 1. The summed E-state index contributed by atoms with van der Waals surface area (Å²) < 4.78 is 1.86. The van der Waals surface area contributed by atoms with Crippen molar-refractivity contribution in [1.82, 2.24) is 15.1 Å². The standard InChI is InChI=1S/C14H17N3O/c1-17-12(8-14(18)9-15-10-14)7-13(16-17)11-5-3-2-4-6-11/h2-7,15,18H,8-10H2,1H3. The molecule has 0 saturated carbocycles. The smallest absolute Gasteiger partial charge is 0.0950 e. The van der Waals surface area contributed by atoms with Gasteiger partial charge in [0.1, 0.15) is 0 Å². The highest BCUT2D eigenvalue weighted by Gasteiger charge is 2.35. The Bertz CT molecular complexity index is 543. The van der Waals surface area contributed by atoms with Crippen molar-refractivity contribution in [3.63, 3.8) is 0 Å². The van der Waals surface area contributed by atoms with Crippen LogP contribution in [0.25, 0.3) is 11.3 Å². The highest BCUT2D eigenvalue weighted by molar-refractivity contribution is 5.59. The van der Waals surface area contributed by atoms with Gasteiger partial charge in [0.2, 0.25) is 0 Å². The molecule has 0 unspecified atom stereocenters. The summed E-state index contributed by atoms with van der Waals surface area (Å²) in [6, 6.07) is 12.2. The van der Waals surface area contributed by atoms with Crippen molar-refractivity contribution >= 4 is 0 Å². The average molecular weight is 243 g/mol. The minimum atomic E-state index is -0.595. The second-order valence-corrected chi connectivity index (χ2v) is 5.02. The molecule has 2 heterocycles. The second-order valence-electron chi connectivity index (χ2n) is 5.02. The predicted molar refractivity (Wildman–Crippen MR) is 70.2 cm³/mol. The largest absolute Gasteiger partial charge is 0.387 e. The third-order valence-electron chi connectivity index (χ3n) is 3.46. The number of rotatable bonds is 3. The average Bonchev–Trinajstić information content (AvgIpc) is 2.70. The summed E-state index contributed by atoms with van der Waals surface area (Å²) in [4.78, 5) is 0. The Morgan fingerprint density at radius 1 is 1.33 bits per heavy atom. The highest BCUT2D eigenvalue weighted by atomic mass is 16.3. The maximum atomic E-state index is 10.2. The van der Waals surface area contributed by atoms with Crippen LogP contribution in [0, 0.1) is 0 Å². The van der Waals surface area contributed by atoms with E-state index in [0.29, 0.717) is 19.5 Å². The van der Waals surface area contributed by atoms with E-state index in [1.807, 2.05) is 42.1 Å². The molecule has 2 N–H and O–H groups in total. The molecular formula is C14H17N3O. The minimum Gasteiger partial charge on any atom is -0.387 e. The number of hydrogen-bond donors (Lipinski definition) is 2. The van der Waals surface area contributed by atoms with Gasteiger partial charge in [-0.15, -0.1) is 0 Å². The monoisotopic (exact) mass is 243 g/mol. The van der Waals surface area contributed by atoms with Crippen LogP contribution >= 0.6 is 0 Å². The van der Waals surface area contributed by atoms with Crippen molar-refractivity contribution < 1.29 is 5.11 Å². The summed E-state index contributed by atoms with van der Waals surface area (Å²) in [6.45, 7) is 1.33. The molecule has 0 aliphatic carbocycles. The lowest BCUT2D eigenvalue weighted by atomic mass is 9.91. The Kier molecular flexibility index (Phi) is 2.69. The van der Waals surface area contributed by atoms with Gasteiger partial charge in [0, 0.05) is 37.8 Å². The minimum absolute atomic E-state index is 0.595. The summed E-state index contributed by atoms with van der Waals surface area (Å²) in [6.07, 6.45) is 0.649. The van der Waals surface area contributed by atoms with E-state index in [1.165, 1.54) is 0 Å². The van der Waals surface area contributed by atoms with Gasteiger partial charge in [0.25, 0.3) is 0 Å². The maximum Gasteiger partial charge on any atom is 0.0950 e. The SMILES string of the molecule is Cn1nc(-c2ccccc2)cc1CC1(O)CNC1. The number of aromatic nitrogens is 2. The Labute approximate surface area is 106 Å². The van der Waals surface area contributed by atoms with Crippen molar-refractivity contribution in [2.45, 2.75) is 12.0 Å². The van der Waals surface area contributed by atoms with Crippen LogP contribution in [0.3, 0.4) is 0 Å². The lowest BCUT2D eigenvalue weighted by Crippen LogP contribution is -2.60. The van der Waals surface area contributed by atoms with E-state index in [-0.39, 0.29) is 0 Å². The first-order valence-electron chi connectivity index (χ1n) is 6.18. The van der Waals surface area contributed by atoms with Gasteiger partial charge in [-0.3, -0.25) is 4.68 Å². The molecule has 1 aliphatic rings. The number of β-amino-alcohol motifs (C(OH)–C–C–N with tert-alkyl or cyclic N) is 1. The zero-order chi connectivity index (χ0) is 12.6. The first kappa shape index (κ1) is 11.4. The van der Waals surface area contributed by atoms with Crippen LogP contribution in [0.2, 0.25) is 0 Å². The lowest BCUT2D eigenvalue weighted by Gasteiger charge is -2.37. The van der Waals surface area contributed by atoms with Gasteiger partial charge in [-0.1, -0.05) is 30.3 Å². The van der Waals surface area contributed by atoms with Gasteiger partial charge in [0.05, 0.1) is 11.3 Å². The summed E-state index contributed by atoms with van der Waals surface area (Å²) in [5.74, 6) is 0. The molecule has 2 aromatic rings. The molecule has 1 aromatic heterocycles. The zero-order valence-electron chi connectivity index (χ0n) is 10.4. The molecule has 1 fully saturated rings. The molecule has 1 aliphatic heterocycles. The van der Waals surface area contributed by atoms with Gasteiger partial charge >= 0.3 is 0 Å². The molecule has 0 spiro atoms. The number of nitrogens with zero attached hydrogens (tertiary/aromatic N) is 2. The topological polar surface area (TPSA) is 50.1 Å². The molecule has 1 saturated heterocycles. The first-order chi connectivity index (χ1) is 8.66. The number of benzene rings is 1. The third kappa shape index (κ3) is 2.05. The molecule has 0 bridgehead atoms. The summed E-state index contributed by atoms with van der Waals surface area (Å²) >= 11 is 0. The second kappa shape index (κ2) is 4.23. The predicted octanol–water partition coefficient (Wildman–Crippen LogP) is 0.964. The van der Waals surface area contributed by atoms with Gasteiger partial charge in [-0.2, -0.15) is 5.10 Å². The molecule has 18 heavy (non-hydrogen) atoms. The van der Waals surface area contributed by atoms with Crippen LogP contribution in [0.4, 0.5) is 0 Å². The van der Waals surface area contributed by atoms with Gasteiger partial charge < -0.3 is 10.4 Å². The van der Waals surface area contributed by atoms with Crippen LogP contribution in [0.1, 0.15) is 5.69 Å². The zero-order valence-corrected chi connectivity index (χ0v) is 10.4. The first-order valence-corrected chi connectivity index (χ1v) is 6.18. The molecule has 4 heteroatoms. The molecular weight excluding hydrogens is 226 g/mol. The van der Waals surface area contributed by atoms with Crippen molar-refractivity contribution in [3.8, 4) is 11.3 Å². The molecule has 3 rings (SSSR count). The van der Waals surface area contributed by atoms with E-state index in [1.54, 1.807) is 0 Å². The number of hydrogen-bond acceptors (Lipinski definition) is 3. The lowest BCUT2D eigenvalue weighted by molar-refractivity contribution is -0.0105. The van der Waals surface area contributed by atoms with Gasteiger partial charge in [-0.05, 0) is 6.07 Å². The van der Waals surface area contributed by atoms with E-state index in [2.05, 4.69) is 16.5 Å². The van der Waals surface area contributed by atoms with Crippen molar-refractivity contribution in [2.24, 2.45) is 7.05 Å². The molecule has 0 amide bonds. The van der Waals surface area contributed by atoms with Crippen LogP contribution in [-0.2, 0) is 13.5 Å². The van der Waals surface area contributed by atoms with Crippen LogP contribution < -0.4 is 5.32 Å². The van der Waals surface area contributed by atoms with E-state index >= 15 is 0 Å². The fraction of sp³-hybridized carbons (Fsp3) is 0.357. The van der Waals surface area contributed by atoms with Crippen molar-refractivity contribution in [3.05, 3.63) is 42.1 Å². The Morgan fingerprint density at radius 2 is 2.06 bits per heavy atom. The fourth-order valence-corrected chi connectivity index (χ4v) is 2.30. The normalized spacial score (nSPS) is 17.4. The van der Waals surface area contributed by atoms with Crippen molar-refractivity contribution in [2.75, 3.05) is 13.1 Å². The molecule has 0 atom stereocenters. The third-order valence-corrected chi connectivity index (χ3v) is 3.46. The van der Waals surface area contributed by atoms with Crippen LogP contribution in [0.15, 0.2) is 36.4 Å². The highest BCUT2D eigenvalue weighted by Crippen LogP contribution is 2.22.